The Morgan fingerprint density at radius 2 is 2.25 bits per heavy atom. The predicted molar refractivity (Wildman–Crippen MR) is 62.4 cm³/mol. The lowest BCUT2D eigenvalue weighted by Crippen LogP contribution is -2.05. The molecule has 2 heterocycles. The van der Waals surface area contributed by atoms with Crippen molar-refractivity contribution in [3.05, 3.63) is 40.4 Å². The SMILES string of the molecule is Cc1cc(N)cnc1Sc1nccc(=O)[nH]1. The summed E-state index contributed by atoms with van der Waals surface area (Å²) in [5.41, 5.74) is 7.00. The number of aromatic nitrogens is 3. The van der Waals surface area contributed by atoms with E-state index in [9.17, 15) is 4.79 Å². The molecule has 0 atom stereocenters. The Bertz CT molecular complexity index is 567. The van der Waals surface area contributed by atoms with E-state index in [1.807, 2.05) is 13.0 Å². The van der Waals surface area contributed by atoms with Crippen LogP contribution in [0.1, 0.15) is 5.56 Å². The smallest absolute Gasteiger partial charge is 0.251 e. The minimum Gasteiger partial charge on any atom is -0.397 e. The number of anilines is 1. The summed E-state index contributed by atoms with van der Waals surface area (Å²) in [5, 5.41) is 1.30. The lowest BCUT2D eigenvalue weighted by atomic mass is 10.3. The number of H-pyrrole nitrogens is 1. The van der Waals surface area contributed by atoms with E-state index in [4.69, 9.17) is 5.73 Å². The standard InChI is InChI=1S/C10H10N4OS/c1-6-4-7(11)5-13-9(6)16-10-12-3-2-8(15)14-10/h2-5H,11H2,1H3,(H,12,14,15). The van der Waals surface area contributed by atoms with Crippen LogP contribution in [0.25, 0.3) is 0 Å². The molecule has 2 aromatic rings. The average molecular weight is 234 g/mol. The molecule has 0 spiro atoms. The zero-order valence-electron chi connectivity index (χ0n) is 8.60. The van der Waals surface area contributed by atoms with Crippen LogP contribution < -0.4 is 11.3 Å². The first kappa shape index (κ1) is 10.7. The third-order valence-electron chi connectivity index (χ3n) is 1.89. The summed E-state index contributed by atoms with van der Waals surface area (Å²) in [7, 11) is 0. The molecule has 0 saturated heterocycles. The van der Waals surface area contributed by atoms with Gasteiger partial charge in [0.25, 0.3) is 5.56 Å². The molecule has 16 heavy (non-hydrogen) atoms. The van der Waals surface area contributed by atoms with Crippen molar-refractivity contribution in [2.24, 2.45) is 0 Å². The van der Waals surface area contributed by atoms with Crippen molar-refractivity contribution in [2.45, 2.75) is 17.1 Å². The topological polar surface area (TPSA) is 84.7 Å². The maximum absolute atomic E-state index is 11.1. The van der Waals surface area contributed by atoms with Gasteiger partial charge in [0.2, 0.25) is 0 Å². The van der Waals surface area contributed by atoms with Crippen molar-refractivity contribution >= 4 is 17.4 Å². The molecule has 0 fully saturated rings. The number of aromatic amines is 1. The second-order valence-electron chi connectivity index (χ2n) is 3.23. The van der Waals surface area contributed by atoms with Crippen LogP contribution in [0.5, 0.6) is 0 Å². The number of pyridine rings is 1. The fraction of sp³-hybridized carbons (Fsp3) is 0.100. The molecule has 0 unspecified atom stereocenters. The van der Waals surface area contributed by atoms with Crippen LogP contribution in [-0.2, 0) is 0 Å². The molecule has 5 nitrogen and oxygen atoms in total. The van der Waals surface area contributed by atoms with E-state index in [1.165, 1.54) is 24.0 Å². The normalized spacial score (nSPS) is 10.3. The Balaban J connectivity index is 2.30. The van der Waals surface area contributed by atoms with E-state index in [0.29, 0.717) is 10.8 Å². The van der Waals surface area contributed by atoms with Crippen LogP contribution in [-0.4, -0.2) is 15.0 Å². The summed E-state index contributed by atoms with van der Waals surface area (Å²) in [4.78, 5) is 21.9. The number of nitrogens with zero attached hydrogens (tertiary/aromatic N) is 2. The van der Waals surface area contributed by atoms with E-state index < -0.39 is 0 Å². The highest BCUT2D eigenvalue weighted by molar-refractivity contribution is 7.99. The van der Waals surface area contributed by atoms with Crippen molar-refractivity contribution in [1.29, 1.82) is 0 Å². The Morgan fingerprint density at radius 1 is 1.44 bits per heavy atom. The molecule has 82 valence electrons. The van der Waals surface area contributed by atoms with Crippen LogP contribution in [0, 0.1) is 6.92 Å². The molecule has 6 heteroatoms. The Labute approximate surface area is 96.1 Å². The molecule has 0 radical (unpaired) electrons. The molecule has 3 N–H and O–H groups in total. The van der Waals surface area contributed by atoms with Gasteiger partial charge in [-0.15, -0.1) is 0 Å². The molecule has 0 aliphatic rings. The molecule has 0 bridgehead atoms. The third kappa shape index (κ3) is 2.40. The van der Waals surface area contributed by atoms with E-state index in [0.717, 1.165) is 10.6 Å². The van der Waals surface area contributed by atoms with Crippen molar-refractivity contribution in [3.8, 4) is 0 Å². The number of nitrogens with two attached hydrogens (primary N) is 1. The Kier molecular flexibility index (Phi) is 2.91. The van der Waals surface area contributed by atoms with Crippen LogP contribution >= 0.6 is 11.8 Å². The minimum absolute atomic E-state index is 0.175. The Morgan fingerprint density at radius 3 is 2.94 bits per heavy atom. The van der Waals surface area contributed by atoms with E-state index >= 15 is 0 Å². The van der Waals surface area contributed by atoms with Crippen LogP contribution in [0.3, 0.4) is 0 Å². The zero-order chi connectivity index (χ0) is 11.5. The quantitative estimate of drug-likeness (QED) is 0.763. The van der Waals surface area contributed by atoms with E-state index in [2.05, 4.69) is 15.0 Å². The summed E-state index contributed by atoms with van der Waals surface area (Å²) in [6.07, 6.45) is 3.05. The number of hydrogen-bond donors (Lipinski definition) is 2. The summed E-state index contributed by atoms with van der Waals surface area (Å²) in [6, 6.07) is 3.20. The first-order valence-electron chi connectivity index (χ1n) is 4.60. The molecular weight excluding hydrogens is 224 g/mol. The summed E-state index contributed by atoms with van der Waals surface area (Å²) >= 11 is 1.30. The van der Waals surface area contributed by atoms with Crippen molar-refractivity contribution in [3.63, 3.8) is 0 Å². The van der Waals surface area contributed by atoms with Crippen molar-refractivity contribution in [1.82, 2.24) is 15.0 Å². The van der Waals surface area contributed by atoms with Gasteiger partial charge in [-0.2, -0.15) is 0 Å². The molecule has 2 rings (SSSR count). The minimum atomic E-state index is -0.175. The van der Waals surface area contributed by atoms with E-state index in [1.54, 1.807) is 6.20 Å². The third-order valence-corrected chi connectivity index (χ3v) is 2.91. The highest BCUT2D eigenvalue weighted by Crippen LogP contribution is 2.25. The zero-order valence-corrected chi connectivity index (χ0v) is 9.41. The molecule has 2 aromatic heterocycles. The second-order valence-corrected chi connectivity index (χ2v) is 4.21. The van der Waals surface area contributed by atoms with Gasteiger partial charge in [-0.05, 0) is 30.3 Å². The van der Waals surface area contributed by atoms with Crippen LogP contribution in [0.15, 0.2) is 39.5 Å². The number of nitrogens with one attached hydrogen (secondary N) is 1. The van der Waals surface area contributed by atoms with Gasteiger partial charge in [0.1, 0.15) is 5.03 Å². The average Bonchev–Trinajstić information content (AvgIpc) is 2.22. The van der Waals surface area contributed by atoms with Gasteiger partial charge in [0.05, 0.1) is 11.9 Å². The van der Waals surface area contributed by atoms with Gasteiger partial charge in [0.15, 0.2) is 5.16 Å². The largest absolute Gasteiger partial charge is 0.397 e. The maximum atomic E-state index is 11.1. The van der Waals surface area contributed by atoms with Gasteiger partial charge >= 0.3 is 0 Å². The number of nitrogen functional groups attached to an aromatic ring is 1. The molecule has 0 aromatic carbocycles. The Hall–Kier alpha value is -1.82. The summed E-state index contributed by atoms with van der Waals surface area (Å²) < 4.78 is 0. The highest BCUT2D eigenvalue weighted by atomic mass is 32.2. The maximum Gasteiger partial charge on any atom is 0.251 e. The van der Waals surface area contributed by atoms with Gasteiger partial charge in [-0.1, -0.05) is 0 Å². The monoisotopic (exact) mass is 234 g/mol. The summed E-state index contributed by atoms with van der Waals surface area (Å²) in [5.74, 6) is 0. The fourth-order valence-corrected chi connectivity index (χ4v) is 1.96. The first-order valence-corrected chi connectivity index (χ1v) is 5.42. The number of rotatable bonds is 2. The highest BCUT2D eigenvalue weighted by Gasteiger charge is 2.04. The fourth-order valence-electron chi connectivity index (χ4n) is 1.19. The predicted octanol–water partition coefficient (Wildman–Crippen LogP) is 1.21. The van der Waals surface area contributed by atoms with E-state index in [-0.39, 0.29) is 5.56 Å². The van der Waals surface area contributed by atoms with Crippen LogP contribution in [0.2, 0.25) is 0 Å². The molecule has 0 saturated carbocycles. The lowest BCUT2D eigenvalue weighted by Gasteiger charge is -2.03. The first-order chi connectivity index (χ1) is 7.65. The van der Waals surface area contributed by atoms with Gasteiger partial charge in [-0.25, -0.2) is 9.97 Å². The van der Waals surface area contributed by atoms with Crippen molar-refractivity contribution < 1.29 is 0 Å². The molecule has 0 aliphatic heterocycles. The molecular formula is C10H10N4OS. The lowest BCUT2D eigenvalue weighted by molar-refractivity contribution is 0.929. The second kappa shape index (κ2) is 4.36. The molecule has 0 amide bonds. The van der Waals surface area contributed by atoms with Crippen molar-refractivity contribution in [2.75, 3.05) is 5.73 Å². The number of aryl methyl sites for hydroxylation is 1. The molecule has 0 aliphatic carbocycles. The van der Waals surface area contributed by atoms with Gasteiger partial charge in [0, 0.05) is 12.3 Å². The summed E-state index contributed by atoms with van der Waals surface area (Å²) in [6.45, 7) is 1.91. The van der Waals surface area contributed by atoms with Gasteiger partial charge < -0.3 is 10.7 Å². The number of hydrogen-bond acceptors (Lipinski definition) is 5. The van der Waals surface area contributed by atoms with Gasteiger partial charge in [-0.3, -0.25) is 4.79 Å². The van der Waals surface area contributed by atoms with Crippen LogP contribution in [0.4, 0.5) is 5.69 Å².